The standard InChI is InChI=1S/C14H22N2O2S/c1-12-5-3-7-14(9-12)16(2)19(17,18)11-13-6-4-8-15-10-13/h3,5,7,9,13,15H,4,6,8,10-11H2,1-2H3. The molecular formula is C14H22N2O2S. The first-order valence-electron chi connectivity index (χ1n) is 6.73. The Morgan fingerprint density at radius 1 is 1.42 bits per heavy atom. The van der Waals surface area contributed by atoms with E-state index in [1.165, 1.54) is 4.31 Å². The quantitative estimate of drug-likeness (QED) is 0.915. The zero-order valence-electron chi connectivity index (χ0n) is 11.6. The Hall–Kier alpha value is -1.07. The first-order chi connectivity index (χ1) is 8.99. The van der Waals surface area contributed by atoms with Gasteiger partial charge in [0.25, 0.3) is 0 Å². The molecule has 106 valence electrons. The van der Waals surface area contributed by atoms with Crippen LogP contribution in [-0.2, 0) is 10.0 Å². The van der Waals surface area contributed by atoms with E-state index in [-0.39, 0.29) is 11.7 Å². The lowest BCUT2D eigenvalue weighted by Crippen LogP contribution is -2.38. The van der Waals surface area contributed by atoms with Crippen molar-refractivity contribution in [2.45, 2.75) is 19.8 Å². The lowest BCUT2D eigenvalue weighted by atomic mass is 10.0. The Labute approximate surface area is 115 Å². The van der Waals surface area contributed by atoms with Crippen LogP contribution in [-0.4, -0.2) is 34.3 Å². The van der Waals surface area contributed by atoms with Crippen LogP contribution in [0.15, 0.2) is 24.3 Å². The highest BCUT2D eigenvalue weighted by Crippen LogP contribution is 2.21. The summed E-state index contributed by atoms with van der Waals surface area (Å²) in [7, 11) is -1.60. The van der Waals surface area contributed by atoms with E-state index in [0.29, 0.717) is 0 Å². The second-order valence-electron chi connectivity index (χ2n) is 5.30. The number of hydrogen-bond acceptors (Lipinski definition) is 3. The molecule has 1 aliphatic rings. The molecule has 0 saturated carbocycles. The van der Waals surface area contributed by atoms with Crippen molar-refractivity contribution in [3.05, 3.63) is 29.8 Å². The second-order valence-corrected chi connectivity index (χ2v) is 7.34. The molecule has 1 atom stereocenters. The highest BCUT2D eigenvalue weighted by Gasteiger charge is 2.25. The lowest BCUT2D eigenvalue weighted by molar-refractivity contribution is 0.404. The van der Waals surface area contributed by atoms with E-state index in [1.54, 1.807) is 7.05 Å². The van der Waals surface area contributed by atoms with Crippen molar-refractivity contribution in [2.75, 3.05) is 30.2 Å². The maximum Gasteiger partial charge on any atom is 0.235 e. The molecule has 0 spiro atoms. The summed E-state index contributed by atoms with van der Waals surface area (Å²) in [4.78, 5) is 0. The van der Waals surface area contributed by atoms with Gasteiger partial charge in [0.2, 0.25) is 10.0 Å². The Morgan fingerprint density at radius 3 is 2.84 bits per heavy atom. The molecule has 1 heterocycles. The van der Waals surface area contributed by atoms with Crippen molar-refractivity contribution < 1.29 is 8.42 Å². The topological polar surface area (TPSA) is 49.4 Å². The van der Waals surface area contributed by atoms with E-state index in [0.717, 1.165) is 37.2 Å². The van der Waals surface area contributed by atoms with Crippen molar-refractivity contribution in [3.8, 4) is 0 Å². The number of anilines is 1. The number of nitrogens with one attached hydrogen (secondary N) is 1. The molecule has 4 nitrogen and oxygen atoms in total. The summed E-state index contributed by atoms with van der Waals surface area (Å²) < 4.78 is 26.2. The molecule has 0 amide bonds. The predicted octanol–water partition coefficient (Wildman–Crippen LogP) is 1.76. The van der Waals surface area contributed by atoms with Gasteiger partial charge in [0.15, 0.2) is 0 Å². The van der Waals surface area contributed by atoms with Gasteiger partial charge >= 0.3 is 0 Å². The van der Waals surface area contributed by atoms with E-state index >= 15 is 0 Å². The minimum atomic E-state index is -3.24. The SMILES string of the molecule is Cc1cccc(N(C)S(=O)(=O)CC2CCCNC2)c1. The van der Waals surface area contributed by atoms with E-state index < -0.39 is 10.0 Å². The molecular weight excluding hydrogens is 260 g/mol. The molecule has 0 bridgehead atoms. The third-order valence-electron chi connectivity index (χ3n) is 3.63. The van der Waals surface area contributed by atoms with Crippen LogP contribution in [0.3, 0.4) is 0 Å². The Morgan fingerprint density at radius 2 is 2.21 bits per heavy atom. The van der Waals surface area contributed by atoms with Crippen LogP contribution in [0.5, 0.6) is 0 Å². The molecule has 0 aliphatic carbocycles. The summed E-state index contributed by atoms with van der Waals surface area (Å²) in [6.07, 6.45) is 2.06. The van der Waals surface area contributed by atoms with Gasteiger partial charge < -0.3 is 5.32 Å². The number of rotatable bonds is 4. The summed E-state index contributed by atoms with van der Waals surface area (Å²) in [5.41, 5.74) is 1.81. The minimum absolute atomic E-state index is 0.227. The molecule has 0 aromatic heterocycles. The van der Waals surface area contributed by atoms with Crippen LogP contribution < -0.4 is 9.62 Å². The van der Waals surface area contributed by atoms with Crippen LogP contribution in [0.1, 0.15) is 18.4 Å². The van der Waals surface area contributed by atoms with Gasteiger partial charge in [-0.3, -0.25) is 4.31 Å². The maximum atomic E-state index is 12.4. The fourth-order valence-electron chi connectivity index (χ4n) is 2.46. The Bertz CT molecular complexity index is 522. The molecule has 1 fully saturated rings. The third-order valence-corrected chi connectivity index (χ3v) is 5.57. The molecule has 19 heavy (non-hydrogen) atoms. The summed E-state index contributed by atoms with van der Waals surface area (Å²) >= 11 is 0. The maximum absolute atomic E-state index is 12.4. The van der Waals surface area contributed by atoms with Crippen molar-refractivity contribution >= 4 is 15.7 Å². The number of nitrogens with zero attached hydrogens (tertiary/aromatic N) is 1. The molecule has 1 unspecified atom stereocenters. The Kier molecular flexibility index (Phi) is 4.47. The molecule has 2 rings (SSSR count). The van der Waals surface area contributed by atoms with Gasteiger partial charge in [-0.25, -0.2) is 8.42 Å². The number of aryl methyl sites for hydroxylation is 1. The fourth-order valence-corrected chi connectivity index (χ4v) is 4.00. The molecule has 1 aromatic carbocycles. The number of hydrogen-bond donors (Lipinski definition) is 1. The predicted molar refractivity (Wildman–Crippen MR) is 79.0 cm³/mol. The average molecular weight is 282 g/mol. The monoisotopic (exact) mass is 282 g/mol. The normalized spacial score (nSPS) is 20.2. The number of piperidine rings is 1. The molecule has 0 radical (unpaired) electrons. The second kappa shape index (κ2) is 5.92. The zero-order chi connectivity index (χ0) is 13.9. The largest absolute Gasteiger partial charge is 0.316 e. The van der Waals surface area contributed by atoms with Crippen LogP contribution in [0.2, 0.25) is 0 Å². The minimum Gasteiger partial charge on any atom is -0.316 e. The fraction of sp³-hybridized carbons (Fsp3) is 0.571. The van der Waals surface area contributed by atoms with Gasteiger partial charge in [0.05, 0.1) is 11.4 Å². The summed E-state index contributed by atoms with van der Waals surface area (Å²) in [5.74, 6) is 0.454. The van der Waals surface area contributed by atoms with E-state index in [1.807, 2.05) is 31.2 Å². The van der Waals surface area contributed by atoms with Gasteiger partial charge in [-0.2, -0.15) is 0 Å². The zero-order valence-corrected chi connectivity index (χ0v) is 12.4. The summed E-state index contributed by atoms with van der Waals surface area (Å²) in [6.45, 7) is 3.78. The van der Waals surface area contributed by atoms with Crippen LogP contribution >= 0.6 is 0 Å². The van der Waals surface area contributed by atoms with E-state index in [2.05, 4.69) is 5.32 Å². The van der Waals surface area contributed by atoms with Crippen molar-refractivity contribution in [1.29, 1.82) is 0 Å². The first-order valence-corrected chi connectivity index (χ1v) is 8.34. The smallest absolute Gasteiger partial charge is 0.235 e. The molecule has 1 N–H and O–H groups in total. The van der Waals surface area contributed by atoms with Gasteiger partial charge in [-0.05, 0) is 56.5 Å². The molecule has 1 aromatic rings. The average Bonchev–Trinajstić information content (AvgIpc) is 2.38. The van der Waals surface area contributed by atoms with Crippen LogP contribution in [0.4, 0.5) is 5.69 Å². The van der Waals surface area contributed by atoms with Crippen molar-refractivity contribution in [3.63, 3.8) is 0 Å². The van der Waals surface area contributed by atoms with Gasteiger partial charge in [0, 0.05) is 7.05 Å². The van der Waals surface area contributed by atoms with Crippen LogP contribution in [0, 0.1) is 12.8 Å². The van der Waals surface area contributed by atoms with Gasteiger partial charge in [-0.15, -0.1) is 0 Å². The molecule has 5 heteroatoms. The molecule has 1 saturated heterocycles. The third kappa shape index (κ3) is 3.70. The van der Waals surface area contributed by atoms with E-state index in [4.69, 9.17) is 0 Å². The van der Waals surface area contributed by atoms with Crippen molar-refractivity contribution in [2.24, 2.45) is 5.92 Å². The van der Waals surface area contributed by atoms with Gasteiger partial charge in [-0.1, -0.05) is 12.1 Å². The highest BCUT2D eigenvalue weighted by molar-refractivity contribution is 7.92. The summed E-state index contributed by atoms with van der Waals surface area (Å²) in [5, 5.41) is 3.26. The van der Waals surface area contributed by atoms with Crippen LogP contribution in [0.25, 0.3) is 0 Å². The highest BCUT2D eigenvalue weighted by atomic mass is 32.2. The first kappa shape index (κ1) is 14.3. The summed E-state index contributed by atoms with van der Waals surface area (Å²) in [6, 6.07) is 7.59. The van der Waals surface area contributed by atoms with E-state index in [9.17, 15) is 8.42 Å². The number of benzene rings is 1. The lowest BCUT2D eigenvalue weighted by Gasteiger charge is -2.26. The number of sulfonamides is 1. The van der Waals surface area contributed by atoms with Gasteiger partial charge in [0.1, 0.15) is 0 Å². The molecule has 1 aliphatic heterocycles. The van der Waals surface area contributed by atoms with Crippen molar-refractivity contribution in [1.82, 2.24) is 5.32 Å². The Balaban J connectivity index is 2.10.